The molecule has 1 saturated heterocycles. The van der Waals surface area contributed by atoms with Crippen LogP contribution in [0.2, 0.25) is 0 Å². The summed E-state index contributed by atoms with van der Waals surface area (Å²) < 4.78 is 6.58. The second-order valence-corrected chi connectivity index (χ2v) is 7.16. The first-order chi connectivity index (χ1) is 8.58. The van der Waals surface area contributed by atoms with Crippen LogP contribution < -0.4 is 5.32 Å². The monoisotopic (exact) mass is 332 g/mol. The van der Waals surface area contributed by atoms with E-state index in [0.717, 1.165) is 39.4 Å². The fourth-order valence-corrected chi connectivity index (χ4v) is 3.64. The van der Waals surface area contributed by atoms with E-state index < -0.39 is 0 Å². The van der Waals surface area contributed by atoms with Crippen LogP contribution >= 0.6 is 27.3 Å². The molecule has 1 aliphatic heterocycles. The summed E-state index contributed by atoms with van der Waals surface area (Å²) in [7, 11) is 0. The topological polar surface area (TPSA) is 24.5 Å². The Morgan fingerprint density at radius 2 is 2.17 bits per heavy atom. The molecule has 0 aliphatic carbocycles. The molecule has 102 valence electrons. The van der Waals surface area contributed by atoms with Crippen molar-refractivity contribution >= 4 is 27.3 Å². The van der Waals surface area contributed by atoms with Crippen molar-refractivity contribution in [2.75, 3.05) is 32.8 Å². The fraction of sp³-hybridized carbons (Fsp3) is 0.692. The normalized spacial score (nSPS) is 18.2. The predicted molar refractivity (Wildman–Crippen MR) is 80.2 cm³/mol. The molecule has 0 saturated carbocycles. The minimum Gasteiger partial charge on any atom is -0.379 e. The van der Waals surface area contributed by atoms with E-state index >= 15 is 0 Å². The summed E-state index contributed by atoms with van der Waals surface area (Å²) in [5.74, 6) is 0. The summed E-state index contributed by atoms with van der Waals surface area (Å²) in [5, 5.41) is 5.69. The Labute approximate surface area is 122 Å². The molecular weight excluding hydrogens is 312 g/mol. The number of hydrogen-bond acceptors (Lipinski definition) is 4. The quantitative estimate of drug-likeness (QED) is 0.897. The van der Waals surface area contributed by atoms with E-state index in [1.807, 2.05) is 0 Å². The molecular formula is C13H21BrN2OS. The van der Waals surface area contributed by atoms with Gasteiger partial charge in [0.25, 0.3) is 0 Å². The standard InChI is InChI=1S/C13H21BrN2OS/c1-13(2,16-3-5-17-6-4-16)10-15-8-12-7-11(14)9-18-12/h7,9,15H,3-6,8,10H2,1-2H3. The molecule has 0 unspecified atom stereocenters. The van der Waals surface area contributed by atoms with E-state index in [-0.39, 0.29) is 5.54 Å². The second kappa shape index (κ2) is 6.48. The molecule has 3 nitrogen and oxygen atoms in total. The van der Waals surface area contributed by atoms with Gasteiger partial charge in [-0.15, -0.1) is 11.3 Å². The van der Waals surface area contributed by atoms with E-state index in [1.165, 1.54) is 9.35 Å². The number of rotatable bonds is 5. The average molecular weight is 333 g/mol. The van der Waals surface area contributed by atoms with Crippen LogP contribution in [0.15, 0.2) is 15.9 Å². The minimum atomic E-state index is 0.193. The molecule has 0 radical (unpaired) electrons. The Bertz CT molecular complexity index is 375. The van der Waals surface area contributed by atoms with E-state index in [4.69, 9.17) is 4.74 Å². The summed E-state index contributed by atoms with van der Waals surface area (Å²) >= 11 is 5.28. The molecule has 1 aliphatic rings. The van der Waals surface area contributed by atoms with Gasteiger partial charge >= 0.3 is 0 Å². The first-order valence-corrected chi connectivity index (χ1v) is 8.02. The lowest BCUT2D eigenvalue weighted by Gasteiger charge is -2.41. The van der Waals surface area contributed by atoms with Crippen LogP contribution in [-0.4, -0.2) is 43.3 Å². The third-order valence-corrected chi connectivity index (χ3v) is 5.04. The van der Waals surface area contributed by atoms with E-state index in [0.29, 0.717) is 0 Å². The van der Waals surface area contributed by atoms with E-state index in [1.54, 1.807) is 11.3 Å². The lowest BCUT2D eigenvalue weighted by Crippen LogP contribution is -2.54. The van der Waals surface area contributed by atoms with Crippen LogP contribution in [0.25, 0.3) is 0 Å². The van der Waals surface area contributed by atoms with Crippen LogP contribution in [0, 0.1) is 0 Å². The van der Waals surface area contributed by atoms with Crippen molar-refractivity contribution in [3.8, 4) is 0 Å². The summed E-state index contributed by atoms with van der Waals surface area (Å²) in [4.78, 5) is 3.88. The molecule has 1 N–H and O–H groups in total. The van der Waals surface area contributed by atoms with E-state index in [9.17, 15) is 0 Å². The zero-order valence-electron chi connectivity index (χ0n) is 11.0. The highest BCUT2D eigenvalue weighted by atomic mass is 79.9. The third-order valence-electron chi connectivity index (χ3n) is 3.35. The van der Waals surface area contributed by atoms with Crippen LogP contribution in [0.5, 0.6) is 0 Å². The number of nitrogens with zero attached hydrogens (tertiary/aromatic N) is 1. The van der Waals surface area contributed by atoms with Crippen molar-refractivity contribution in [3.63, 3.8) is 0 Å². The van der Waals surface area contributed by atoms with Crippen LogP contribution in [0.4, 0.5) is 0 Å². The molecule has 18 heavy (non-hydrogen) atoms. The maximum Gasteiger partial charge on any atom is 0.0594 e. The van der Waals surface area contributed by atoms with Gasteiger partial charge in [0.1, 0.15) is 0 Å². The molecule has 1 fully saturated rings. The van der Waals surface area contributed by atoms with Gasteiger partial charge in [0.15, 0.2) is 0 Å². The van der Waals surface area contributed by atoms with Crippen molar-refractivity contribution in [1.82, 2.24) is 10.2 Å². The molecule has 0 atom stereocenters. The Kier molecular flexibility index (Phi) is 5.21. The number of morpholine rings is 1. The van der Waals surface area contributed by atoms with Gasteiger partial charge in [-0.3, -0.25) is 4.90 Å². The first-order valence-electron chi connectivity index (χ1n) is 6.34. The van der Waals surface area contributed by atoms with Gasteiger partial charge in [-0.25, -0.2) is 0 Å². The van der Waals surface area contributed by atoms with Crippen molar-refractivity contribution in [1.29, 1.82) is 0 Å². The van der Waals surface area contributed by atoms with Crippen molar-refractivity contribution in [3.05, 3.63) is 20.8 Å². The molecule has 1 aromatic heterocycles. The summed E-state index contributed by atoms with van der Waals surface area (Å²) in [6, 6.07) is 2.18. The summed E-state index contributed by atoms with van der Waals surface area (Å²) in [6.45, 7) is 10.4. The Hall–Kier alpha value is 0.0600. The van der Waals surface area contributed by atoms with Crippen LogP contribution in [-0.2, 0) is 11.3 Å². The van der Waals surface area contributed by atoms with E-state index in [2.05, 4.69) is 51.4 Å². The number of thiophene rings is 1. The summed E-state index contributed by atoms with van der Waals surface area (Å²) in [5.41, 5.74) is 0.193. The van der Waals surface area contributed by atoms with Gasteiger partial charge < -0.3 is 10.1 Å². The van der Waals surface area contributed by atoms with Gasteiger partial charge in [0, 0.05) is 46.4 Å². The molecule has 0 amide bonds. The van der Waals surface area contributed by atoms with Gasteiger partial charge in [-0.2, -0.15) is 0 Å². The van der Waals surface area contributed by atoms with Gasteiger partial charge in [-0.1, -0.05) is 0 Å². The molecule has 1 aromatic rings. The van der Waals surface area contributed by atoms with Crippen LogP contribution in [0.3, 0.4) is 0 Å². The minimum absolute atomic E-state index is 0.193. The zero-order chi connectivity index (χ0) is 13.0. The maximum atomic E-state index is 5.41. The van der Waals surface area contributed by atoms with Crippen LogP contribution in [0.1, 0.15) is 18.7 Å². The number of halogens is 1. The average Bonchev–Trinajstić information content (AvgIpc) is 2.76. The fourth-order valence-electron chi connectivity index (χ4n) is 2.22. The first kappa shape index (κ1) is 14.5. The molecule has 0 bridgehead atoms. The number of ether oxygens (including phenoxy) is 1. The SMILES string of the molecule is CC(C)(CNCc1cc(Br)cs1)N1CCOCC1. The predicted octanol–water partition coefficient (Wildman–Crippen LogP) is 2.71. The lowest BCUT2D eigenvalue weighted by atomic mass is 10.0. The highest BCUT2D eigenvalue weighted by Gasteiger charge is 2.27. The van der Waals surface area contributed by atoms with Crippen molar-refractivity contribution in [2.45, 2.75) is 25.9 Å². The zero-order valence-corrected chi connectivity index (χ0v) is 13.4. The maximum absolute atomic E-state index is 5.41. The number of nitrogens with one attached hydrogen (secondary N) is 1. The molecule has 0 aromatic carbocycles. The highest BCUT2D eigenvalue weighted by Crippen LogP contribution is 2.20. The molecule has 2 rings (SSSR count). The Balaban J connectivity index is 1.77. The van der Waals surface area contributed by atoms with Crippen molar-refractivity contribution < 1.29 is 4.74 Å². The van der Waals surface area contributed by atoms with Gasteiger partial charge in [-0.05, 0) is 35.8 Å². The number of hydrogen-bond donors (Lipinski definition) is 1. The lowest BCUT2D eigenvalue weighted by molar-refractivity contribution is -0.00965. The van der Waals surface area contributed by atoms with Gasteiger partial charge in [0.2, 0.25) is 0 Å². The summed E-state index contributed by atoms with van der Waals surface area (Å²) in [6.07, 6.45) is 0. The molecule has 2 heterocycles. The van der Waals surface area contributed by atoms with Gasteiger partial charge in [0.05, 0.1) is 13.2 Å². The Morgan fingerprint density at radius 1 is 1.44 bits per heavy atom. The second-order valence-electron chi connectivity index (χ2n) is 5.25. The molecule has 5 heteroatoms. The third kappa shape index (κ3) is 4.03. The highest BCUT2D eigenvalue weighted by molar-refractivity contribution is 9.10. The Morgan fingerprint density at radius 3 is 2.78 bits per heavy atom. The molecule has 0 spiro atoms. The van der Waals surface area contributed by atoms with Crippen molar-refractivity contribution in [2.24, 2.45) is 0 Å². The largest absolute Gasteiger partial charge is 0.379 e. The smallest absolute Gasteiger partial charge is 0.0594 e.